The number of halogens is 3. The highest BCUT2D eigenvalue weighted by molar-refractivity contribution is 5.26. The Balaban J connectivity index is 2.79. The third kappa shape index (κ3) is 3.52. The molecule has 0 bridgehead atoms. The van der Waals surface area contributed by atoms with E-state index in [2.05, 4.69) is 5.32 Å². The molecule has 1 N–H and O–H groups in total. The standard InChI is InChI=1S/C12H16F3N/c1-8(2)16-9(3)10-4-6-11(7-5-10)12(13,14)15/h4-9,16H,1-3H3/t9-/m1/s1. The van der Waals surface area contributed by atoms with Crippen LogP contribution in [-0.4, -0.2) is 6.04 Å². The summed E-state index contributed by atoms with van der Waals surface area (Å²) in [5, 5.41) is 3.24. The Kier molecular flexibility index (Phi) is 3.97. The van der Waals surface area contributed by atoms with Gasteiger partial charge in [-0.25, -0.2) is 0 Å². The molecule has 1 aromatic carbocycles. The van der Waals surface area contributed by atoms with Gasteiger partial charge in [-0.05, 0) is 24.6 Å². The Morgan fingerprint density at radius 1 is 1.00 bits per heavy atom. The maximum absolute atomic E-state index is 12.3. The molecule has 0 saturated heterocycles. The zero-order valence-corrected chi connectivity index (χ0v) is 9.60. The van der Waals surface area contributed by atoms with Crippen LogP contribution in [-0.2, 0) is 6.18 Å². The van der Waals surface area contributed by atoms with E-state index in [-0.39, 0.29) is 6.04 Å². The number of nitrogens with one attached hydrogen (secondary N) is 1. The molecule has 4 heteroatoms. The van der Waals surface area contributed by atoms with E-state index in [9.17, 15) is 13.2 Å². The second-order valence-electron chi connectivity index (χ2n) is 4.16. The Labute approximate surface area is 93.7 Å². The summed E-state index contributed by atoms with van der Waals surface area (Å²) in [7, 11) is 0. The van der Waals surface area contributed by atoms with Crippen molar-refractivity contribution in [2.45, 2.75) is 39.0 Å². The highest BCUT2D eigenvalue weighted by atomic mass is 19.4. The second kappa shape index (κ2) is 4.87. The van der Waals surface area contributed by atoms with E-state index in [1.807, 2.05) is 20.8 Å². The van der Waals surface area contributed by atoms with E-state index in [0.717, 1.165) is 17.7 Å². The molecule has 1 atom stereocenters. The lowest BCUT2D eigenvalue weighted by molar-refractivity contribution is -0.137. The van der Waals surface area contributed by atoms with Gasteiger partial charge < -0.3 is 5.32 Å². The molecule has 0 fully saturated rings. The van der Waals surface area contributed by atoms with Crippen molar-refractivity contribution in [3.8, 4) is 0 Å². The van der Waals surface area contributed by atoms with Crippen molar-refractivity contribution in [2.24, 2.45) is 0 Å². The van der Waals surface area contributed by atoms with Gasteiger partial charge in [0.1, 0.15) is 0 Å². The molecule has 0 aliphatic heterocycles. The molecule has 0 amide bonds. The van der Waals surface area contributed by atoms with Crippen molar-refractivity contribution in [3.63, 3.8) is 0 Å². The maximum atomic E-state index is 12.3. The highest BCUT2D eigenvalue weighted by Gasteiger charge is 2.30. The molecule has 0 aliphatic rings. The Hall–Kier alpha value is -1.03. The molecular weight excluding hydrogens is 215 g/mol. The minimum Gasteiger partial charge on any atom is -0.308 e. The topological polar surface area (TPSA) is 12.0 Å². The van der Waals surface area contributed by atoms with Gasteiger partial charge in [0.25, 0.3) is 0 Å². The molecular formula is C12H16F3N. The fourth-order valence-electron chi connectivity index (χ4n) is 1.56. The van der Waals surface area contributed by atoms with Crippen LogP contribution in [0.4, 0.5) is 13.2 Å². The predicted octanol–water partition coefficient (Wildman–Crippen LogP) is 3.76. The zero-order chi connectivity index (χ0) is 12.3. The first-order chi connectivity index (χ1) is 7.30. The Morgan fingerprint density at radius 3 is 1.88 bits per heavy atom. The second-order valence-corrected chi connectivity index (χ2v) is 4.16. The number of benzene rings is 1. The van der Waals surface area contributed by atoms with Gasteiger partial charge in [0, 0.05) is 12.1 Å². The Morgan fingerprint density at radius 2 is 1.50 bits per heavy atom. The summed E-state index contributed by atoms with van der Waals surface area (Å²) in [6.45, 7) is 5.93. The van der Waals surface area contributed by atoms with Gasteiger partial charge in [-0.2, -0.15) is 13.2 Å². The van der Waals surface area contributed by atoms with Crippen LogP contribution in [0.15, 0.2) is 24.3 Å². The van der Waals surface area contributed by atoms with Crippen LogP contribution in [0, 0.1) is 0 Å². The fraction of sp³-hybridized carbons (Fsp3) is 0.500. The average Bonchev–Trinajstić information content (AvgIpc) is 2.15. The Bertz CT molecular complexity index is 327. The van der Waals surface area contributed by atoms with E-state index in [0.29, 0.717) is 6.04 Å². The predicted molar refractivity (Wildman–Crippen MR) is 58.1 cm³/mol. The monoisotopic (exact) mass is 231 g/mol. The molecule has 1 rings (SSSR count). The van der Waals surface area contributed by atoms with Crippen LogP contribution in [0.1, 0.15) is 37.9 Å². The van der Waals surface area contributed by atoms with Crippen LogP contribution in [0.25, 0.3) is 0 Å². The minimum atomic E-state index is -4.26. The molecule has 0 spiro atoms. The molecule has 0 saturated carbocycles. The smallest absolute Gasteiger partial charge is 0.308 e. The molecule has 16 heavy (non-hydrogen) atoms. The van der Waals surface area contributed by atoms with Gasteiger partial charge in [-0.1, -0.05) is 26.0 Å². The van der Waals surface area contributed by atoms with Gasteiger partial charge in [0.15, 0.2) is 0 Å². The van der Waals surface area contributed by atoms with Crippen molar-refractivity contribution >= 4 is 0 Å². The number of alkyl halides is 3. The van der Waals surface area contributed by atoms with Crippen LogP contribution in [0.5, 0.6) is 0 Å². The summed E-state index contributed by atoms with van der Waals surface area (Å²) in [6, 6.07) is 5.63. The minimum absolute atomic E-state index is 0.0577. The van der Waals surface area contributed by atoms with E-state index in [1.165, 1.54) is 12.1 Å². The van der Waals surface area contributed by atoms with Gasteiger partial charge in [-0.3, -0.25) is 0 Å². The fourth-order valence-corrected chi connectivity index (χ4v) is 1.56. The van der Waals surface area contributed by atoms with Gasteiger partial charge >= 0.3 is 6.18 Å². The van der Waals surface area contributed by atoms with Gasteiger partial charge in [0.2, 0.25) is 0 Å². The largest absolute Gasteiger partial charge is 0.416 e. The van der Waals surface area contributed by atoms with Gasteiger partial charge in [0.05, 0.1) is 5.56 Å². The molecule has 0 radical (unpaired) electrons. The zero-order valence-electron chi connectivity index (χ0n) is 9.60. The van der Waals surface area contributed by atoms with Crippen molar-refractivity contribution in [1.29, 1.82) is 0 Å². The third-order valence-electron chi connectivity index (χ3n) is 2.32. The lowest BCUT2D eigenvalue weighted by Crippen LogP contribution is -2.26. The molecule has 0 heterocycles. The average molecular weight is 231 g/mol. The van der Waals surface area contributed by atoms with Gasteiger partial charge in [-0.15, -0.1) is 0 Å². The molecule has 0 aliphatic carbocycles. The first kappa shape index (κ1) is 13.0. The molecule has 1 nitrogen and oxygen atoms in total. The maximum Gasteiger partial charge on any atom is 0.416 e. The van der Waals surface area contributed by atoms with Crippen molar-refractivity contribution in [3.05, 3.63) is 35.4 Å². The normalized spacial score (nSPS) is 14.2. The molecule has 1 aromatic rings. The summed E-state index contributed by atoms with van der Waals surface area (Å²) in [5.41, 5.74) is 0.259. The molecule has 90 valence electrons. The lowest BCUT2D eigenvalue weighted by atomic mass is 10.1. The van der Waals surface area contributed by atoms with Crippen LogP contribution < -0.4 is 5.32 Å². The number of hydrogen-bond acceptors (Lipinski definition) is 1. The first-order valence-corrected chi connectivity index (χ1v) is 5.24. The molecule has 0 aromatic heterocycles. The van der Waals surface area contributed by atoms with Crippen LogP contribution >= 0.6 is 0 Å². The highest BCUT2D eigenvalue weighted by Crippen LogP contribution is 2.29. The lowest BCUT2D eigenvalue weighted by Gasteiger charge is -2.17. The first-order valence-electron chi connectivity index (χ1n) is 5.24. The molecule has 0 unspecified atom stereocenters. The van der Waals surface area contributed by atoms with E-state index >= 15 is 0 Å². The summed E-state index contributed by atoms with van der Waals surface area (Å²) >= 11 is 0. The summed E-state index contributed by atoms with van der Waals surface area (Å²) < 4.78 is 36.9. The van der Waals surface area contributed by atoms with Crippen molar-refractivity contribution in [2.75, 3.05) is 0 Å². The quantitative estimate of drug-likeness (QED) is 0.835. The summed E-state index contributed by atoms with van der Waals surface area (Å²) in [5.74, 6) is 0. The summed E-state index contributed by atoms with van der Waals surface area (Å²) in [4.78, 5) is 0. The summed E-state index contributed by atoms with van der Waals surface area (Å²) in [6.07, 6.45) is -4.26. The van der Waals surface area contributed by atoms with Crippen molar-refractivity contribution < 1.29 is 13.2 Å². The van der Waals surface area contributed by atoms with E-state index in [1.54, 1.807) is 0 Å². The van der Waals surface area contributed by atoms with Crippen molar-refractivity contribution in [1.82, 2.24) is 5.32 Å². The van der Waals surface area contributed by atoms with E-state index in [4.69, 9.17) is 0 Å². The number of hydrogen-bond donors (Lipinski definition) is 1. The number of rotatable bonds is 3. The third-order valence-corrected chi connectivity index (χ3v) is 2.32. The van der Waals surface area contributed by atoms with Crippen LogP contribution in [0.3, 0.4) is 0 Å². The van der Waals surface area contributed by atoms with E-state index < -0.39 is 11.7 Å². The SMILES string of the molecule is CC(C)N[C@H](C)c1ccc(C(F)(F)F)cc1. The van der Waals surface area contributed by atoms with Crippen LogP contribution in [0.2, 0.25) is 0 Å².